The van der Waals surface area contributed by atoms with Gasteiger partial charge in [0.1, 0.15) is 0 Å². The number of methoxy groups -OCH3 is 1. The first kappa shape index (κ1) is 14.3. The lowest BCUT2D eigenvalue weighted by atomic mass is 10.1. The third kappa shape index (κ3) is 3.05. The van der Waals surface area contributed by atoms with E-state index in [1.165, 1.54) is 7.11 Å². The van der Waals surface area contributed by atoms with Gasteiger partial charge in [0.05, 0.1) is 31.3 Å². The molecule has 0 atom stereocenters. The van der Waals surface area contributed by atoms with Crippen LogP contribution in [0.2, 0.25) is 0 Å². The van der Waals surface area contributed by atoms with Crippen LogP contribution in [0.15, 0.2) is 30.3 Å². The zero-order valence-corrected chi connectivity index (χ0v) is 11.7. The number of aliphatic hydroxyl groups excluding tert-OH is 1. The second kappa shape index (κ2) is 6.34. The van der Waals surface area contributed by atoms with Crippen LogP contribution < -0.4 is 4.90 Å². The maximum absolute atomic E-state index is 11.4. The minimum absolute atomic E-state index is 0.0689. The molecule has 106 valence electrons. The van der Waals surface area contributed by atoms with E-state index >= 15 is 0 Å². The topological polar surface area (TPSA) is 62.7 Å². The van der Waals surface area contributed by atoms with Gasteiger partial charge in [-0.05, 0) is 12.1 Å². The number of carbonyl (C=O) groups is 1. The van der Waals surface area contributed by atoms with Gasteiger partial charge in [-0.3, -0.25) is 9.78 Å². The Balaban J connectivity index is 2.49. The van der Waals surface area contributed by atoms with E-state index in [1.54, 1.807) is 0 Å². The lowest BCUT2D eigenvalue weighted by Gasteiger charge is -2.20. The molecule has 1 heterocycles. The third-order valence-electron chi connectivity index (χ3n) is 3.15. The number of likely N-dealkylation sites (N-methyl/N-ethyl adjacent to an activating group) is 1. The largest absolute Gasteiger partial charge is 0.469 e. The molecule has 5 heteroatoms. The highest BCUT2D eigenvalue weighted by Gasteiger charge is 2.11. The van der Waals surface area contributed by atoms with Gasteiger partial charge in [-0.1, -0.05) is 18.2 Å². The summed E-state index contributed by atoms with van der Waals surface area (Å²) in [5.41, 5.74) is 2.44. The number of rotatable bonds is 5. The van der Waals surface area contributed by atoms with Gasteiger partial charge in [-0.15, -0.1) is 0 Å². The number of pyridine rings is 1. The van der Waals surface area contributed by atoms with Crippen molar-refractivity contribution in [3.8, 4) is 0 Å². The number of ether oxygens (including phenoxy) is 1. The number of para-hydroxylation sites is 1. The number of aliphatic hydroxyl groups is 1. The summed E-state index contributed by atoms with van der Waals surface area (Å²) in [4.78, 5) is 17.8. The molecule has 0 radical (unpaired) electrons. The van der Waals surface area contributed by atoms with E-state index < -0.39 is 0 Å². The molecular formula is C15H18N2O3. The van der Waals surface area contributed by atoms with Crippen molar-refractivity contribution in [2.45, 2.75) is 6.42 Å². The van der Waals surface area contributed by atoms with Crippen molar-refractivity contribution >= 4 is 22.6 Å². The van der Waals surface area contributed by atoms with Crippen LogP contribution in [0.3, 0.4) is 0 Å². The Hall–Kier alpha value is -2.14. The highest BCUT2D eigenvalue weighted by molar-refractivity contribution is 5.92. The van der Waals surface area contributed by atoms with E-state index in [0.717, 1.165) is 16.6 Å². The maximum atomic E-state index is 11.4. The highest BCUT2D eigenvalue weighted by Crippen LogP contribution is 2.26. The number of benzene rings is 1. The monoisotopic (exact) mass is 274 g/mol. The molecule has 0 amide bonds. The Morgan fingerprint density at radius 2 is 2.15 bits per heavy atom. The molecule has 0 unspecified atom stereocenters. The van der Waals surface area contributed by atoms with E-state index in [2.05, 4.69) is 9.72 Å². The molecule has 0 aliphatic heterocycles. The van der Waals surface area contributed by atoms with Crippen molar-refractivity contribution in [3.63, 3.8) is 0 Å². The number of anilines is 1. The fourth-order valence-corrected chi connectivity index (χ4v) is 2.11. The fourth-order valence-electron chi connectivity index (χ4n) is 2.11. The third-order valence-corrected chi connectivity index (χ3v) is 3.15. The molecule has 0 saturated heterocycles. The van der Waals surface area contributed by atoms with E-state index in [-0.39, 0.29) is 19.0 Å². The second-order valence-corrected chi connectivity index (χ2v) is 4.55. The Morgan fingerprint density at radius 3 is 2.85 bits per heavy atom. The first-order chi connectivity index (χ1) is 9.65. The number of hydrogen-bond donors (Lipinski definition) is 1. The molecule has 0 bridgehead atoms. The Kier molecular flexibility index (Phi) is 4.53. The van der Waals surface area contributed by atoms with E-state index in [9.17, 15) is 4.79 Å². The molecule has 1 aromatic carbocycles. The van der Waals surface area contributed by atoms with Crippen LogP contribution in [0, 0.1) is 0 Å². The van der Waals surface area contributed by atoms with Crippen molar-refractivity contribution in [2.24, 2.45) is 0 Å². The van der Waals surface area contributed by atoms with Gasteiger partial charge in [-0.2, -0.15) is 0 Å². The van der Waals surface area contributed by atoms with Gasteiger partial charge in [0.15, 0.2) is 0 Å². The van der Waals surface area contributed by atoms with Crippen LogP contribution in [0.25, 0.3) is 10.9 Å². The van der Waals surface area contributed by atoms with Crippen LogP contribution in [-0.4, -0.2) is 43.4 Å². The molecule has 1 aromatic heterocycles. The smallest absolute Gasteiger partial charge is 0.311 e. The summed E-state index contributed by atoms with van der Waals surface area (Å²) >= 11 is 0. The van der Waals surface area contributed by atoms with Gasteiger partial charge in [-0.25, -0.2) is 0 Å². The van der Waals surface area contributed by atoms with E-state index in [4.69, 9.17) is 5.11 Å². The van der Waals surface area contributed by atoms with Gasteiger partial charge in [0, 0.05) is 24.7 Å². The van der Waals surface area contributed by atoms with Crippen LogP contribution in [-0.2, 0) is 16.0 Å². The van der Waals surface area contributed by atoms with Crippen LogP contribution in [0.4, 0.5) is 5.69 Å². The standard InChI is InChI=1S/C15H18N2O3/c1-17(7-8-18)14-9-11(10-15(19)20-2)16-13-6-4-3-5-12(13)14/h3-6,9,18H,7-8,10H2,1-2H3. The molecular weight excluding hydrogens is 256 g/mol. The van der Waals surface area contributed by atoms with Gasteiger partial charge in [0.25, 0.3) is 0 Å². The van der Waals surface area contributed by atoms with E-state index in [0.29, 0.717) is 12.2 Å². The predicted molar refractivity (Wildman–Crippen MR) is 77.8 cm³/mol. The lowest BCUT2D eigenvalue weighted by Crippen LogP contribution is -2.22. The number of fused-ring (bicyclic) bond motifs is 1. The molecule has 0 saturated carbocycles. The fraction of sp³-hybridized carbons (Fsp3) is 0.333. The van der Waals surface area contributed by atoms with Crippen LogP contribution >= 0.6 is 0 Å². The molecule has 20 heavy (non-hydrogen) atoms. The summed E-state index contributed by atoms with van der Waals surface area (Å²) < 4.78 is 4.68. The first-order valence-electron chi connectivity index (χ1n) is 6.43. The number of aromatic nitrogens is 1. The average Bonchev–Trinajstić information content (AvgIpc) is 2.46. The zero-order valence-electron chi connectivity index (χ0n) is 11.7. The molecule has 1 N–H and O–H groups in total. The number of esters is 1. The molecule has 0 fully saturated rings. The maximum Gasteiger partial charge on any atom is 0.311 e. The normalized spacial score (nSPS) is 10.6. The number of hydrogen-bond acceptors (Lipinski definition) is 5. The number of nitrogens with zero attached hydrogens (tertiary/aromatic N) is 2. The Morgan fingerprint density at radius 1 is 1.40 bits per heavy atom. The van der Waals surface area contributed by atoms with Crippen molar-refractivity contribution in [2.75, 3.05) is 32.2 Å². The van der Waals surface area contributed by atoms with Gasteiger partial charge in [0.2, 0.25) is 0 Å². The summed E-state index contributed by atoms with van der Waals surface area (Å²) in [5.74, 6) is -0.316. The minimum atomic E-state index is -0.316. The summed E-state index contributed by atoms with van der Waals surface area (Å²) in [5, 5.41) is 10.1. The van der Waals surface area contributed by atoms with Crippen molar-refractivity contribution in [1.82, 2.24) is 4.98 Å². The molecule has 2 rings (SSSR count). The van der Waals surface area contributed by atoms with Crippen LogP contribution in [0.1, 0.15) is 5.69 Å². The average molecular weight is 274 g/mol. The molecule has 0 aliphatic carbocycles. The zero-order chi connectivity index (χ0) is 14.5. The Bertz CT molecular complexity index is 613. The van der Waals surface area contributed by atoms with Crippen molar-refractivity contribution < 1.29 is 14.6 Å². The first-order valence-corrected chi connectivity index (χ1v) is 6.43. The molecule has 2 aromatic rings. The quantitative estimate of drug-likeness (QED) is 0.835. The van der Waals surface area contributed by atoms with Crippen molar-refractivity contribution in [3.05, 3.63) is 36.0 Å². The summed E-state index contributed by atoms with van der Waals surface area (Å²) in [6.07, 6.45) is 0.140. The summed E-state index contributed by atoms with van der Waals surface area (Å²) in [6, 6.07) is 9.61. The SMILES string of the molecule is COC(=O)Cc1cc(N(C)CCO)c2ccccc2n1. The highest BCUT2D eigenvalue weighted by atomic mass is 16.5. The van der Waals surface area contributed by atoms with Crippen LogP contribution in [0.5, 0.6) is 0 Å². The van der Waals surface area contributed by atoms with Crippen molar-refractivity contribution in [1.29, 1.82) is 0 Å². The van der Waals surface area contributed by atoms with Gasteiger partial charge < -0.3 is 14.7 Å². The van der Waals surface area contributed by atoms with E-state index in [1.807, 2.05) is 42.3 Å². The second-order valence-electron chi connectivity index (χ2n) is 4.55. The number of carbonyl (C=O) groups excluding carboxylic acids is 1. The molecule has 5 nitrogen and oxygen atoms in total. The van der Waals surface area contributed by atoms with Gasteiger partial charge >= 0.3 is 5.97 Å². The summed E-state index contributed by atoms with van der Waals surface area (Å²) in [7, 11) is 3.27. The molecule has 0 aliphatic rings. The Labute approximate surface area is 117 Å². The minimum Gasteiger partial charge on any atom is -0.469 e. The molecule has 0 spiro atoms. The predicted octanol–water partition coefficient (Wildman–Crippen LogP) is 1.38. The lowest BCUT2D eigenvalue weighted by molar-refractivity contribution is -0.139. The summed E-state index contributed by atoms with van der Waals surface area (Å²) in [6.45, 7) is 0.588.